The van der Waals surface area contributed by atoms with Crippen LogP contribution in [0.4, 0.5) is 0 Å². The SMILES string of the molecule is CC1CN(C(=O)[C@@H](N)c2ccccc2)CC(C)S1. The minimum absolute atomic E-state index is 0.0419. The fourth-order valence-corrected chi connectivity index (χ4v) is 3.68. The molecule has 98 valence electrons. The topological polar surface area (TPSA) is 46.3 Å². The number of amides is 1. The van der Waals surface area contributed by atoms with Gasteiger partial charge in [0.15, 0.2) is 0 Å². The molecule has 0 spiro atoms. The second-order valence-electron chi connectivity index (χ2n) is 4.89. The third-order valence-electron chi connectivity index (χ3n) is 3.16. The normalized spacial score (nSPS) is 25.8. The van der Waals surface area contributed by atoms with E-state index in [0.717, 1.165) is 18.7 Å². The fourth-order valence-electron chi connectivity index (χ4n) is 2.36. The van der Waals surface area contributed by atoms with Crippen LogP contribution in [-0.2, 0) is 4.79 Å². The molecule has 1 aliphatic rings. The molecule has 0 radical (unpaired) electrons. The van der Waals surface area contributed by atoms with Crippen LogP contribution in [0.25, 0.3) is 0 Å². The van der Waals surface area contributed by atoms with Crippen molar-refractivity contribution in [2.45, 2.75) is 30.4 Å². The van der Waals surface area contributed by atoms with Crippen molar-refractivity contribution in [2.75, 3.05) is 13.1 Å². The Morgan fingerprint density at radius 2 is 1.83 bits per heavy atom. The zero-order valence-corrected chi connectivity index (χ0v) is 11.7. The molecule has 2 N–H and O–H groups in total. The lowest BCUT2D eigenvalue weighted by atomic mass is 10.1. The molecule has 0 aliphatic carbocycles. The average Bonchev–Trinajstić information content (AvgIpc) is 2.37. The van der Waals surface area contributed by atoms with Gasteiger partial charge >= 0.3 is 0 Å². The van der Waals surface area contributed by atoms with Gasteiger partial charge in [0.05, 0.1) is 0 Å². The van der Waals surface area contributed by atoms with Crippen LogP contribution in [0, 0.1) is 0 Å². The Morgan fingerprint density at radius 1 is 1.28 bits per heavy atom. The molecule has 1 aromatic carbocycles. The van der Waals surface area contributed by atoms with E-state index in [-0.39, 0.29) is 5.91 Å². The molecule has 1 aromatic rings. The highest BCUT2D eigenvalue weighted by molar-refractivity contribution is 8.00. The molecule has 18 heavy (non-hydrogen) atoms. The third kappa shape index (κ3) is 3.06. The lowest BCUT2D eigenvalue weighted by Gasteiger charge is -2.36. The van der Waals surface area contributed by atoms with Crippen molar-refractivity contribution in [3.05, 3.63) is 35.9 Å². The van der Waals surface area contributed by atoms with Crippen molar-refractivity contribution in [3.8, 4) is 0 Å². The molecule has 1 aliphatic heterocycles. The molecule has 2 unspecified atom stereocenters. The van der Waals surface area contributed by atoms with E-state index in [1.54, 1.807) is 0 Å². The zero-order chi connectivity index (χ0) is 13.1. The summed E-state index contributed by atoms with van der Waals surface area (Å²) in [6.45, 7) is 5.92. The first-order valence-electron chi connectivity index (χ1n) is 6.32. The molecule has 0 saturated carbocycles. The van der Waals surface area contributed by atoms with Crippen molar-refractivity contribution in [1.29, 1.82) is 0 Å². The van der Waals surface area contributed by atoms with Gasteiger partial charge in [0.2, 0.25) is 5.91 Å². The Labute approximate surface area is 113 Å². The maximum Gasteiger partial charge on any atom is 0.244 e. The standard InChI is InChI=1S/C14H20N2OS/c1-10-8-16(9-11(2)18-10)14(17)13(15)12-6-4-3-5-7-12/h3-7,10-11,13H,8-9,15H2,1-2H3/t10?,11?,13-/m0/s1. The number of thioether (sulfide) groups is 1. The molecule has 3 atom stereocenters. The number of benzene rings is 1. The van der Waals surface area contributed by atoms with E-state index >= 15 is 0 Å². The molecule has 1 amide bonds. The quantitative estimate of drug-likeness (QED) is 0.889. The van der Waals surface area contributed by atoms with Gasteiger partial charge in [-0.3, -0.25) is 4.79 Å². The number of nitrogens with two attached hydrogens (primary N) is 1. The highest BCUT2D eigenvalue weighted by Crippen LogP contribution is 2.26. The number of nitrogens with zero attached hydrogens (tertiary/aromatic N) is 1. The molecule has 2 rings (SSSR count). The highest BCUT2D eigenvalue weighted by Gasteiger charge is 2.29. The van der Waals surface area contributed by atoms with Crippen molar-refractivity contribution in [2.24, 2.45) is 5.73 Å². The zero-order valence-electron chi connectivity index (χ0n) is 10.9. The fraction of sp³-hybridized carbons (Fsp3) is 0.500. The van der Waals surface area contributed by atoms with Crippen molar-refractivity contribution in [1.82, 2.24) is 4.90 Å². The van der Waals surface area contributed by atoms with Crippen LogP contribution in [-0.4, -0.2) is 34.4 Å². The summed E-state index contributed by atoms with van der Waals surface area (Å²) in [4.78, 5) is 14.3. The smallest absolute Gasteiger partial charge is 0.244 e. The van der Waals surface area contributed by atoms with E-state index in [4.69, 9.17) is 5.73 Å². The van der Waals surface area contributed by atoms with Crippen LogP contribution in [0.5, 0.6) is 0 Å². The summed E-state index contributed by atoms with van der Waals surface area (Å²) in [5, 5.41) is 0.973. The van der Waals surface area contributed by atoms with Gasteiger partial charge in [-0.05, 0) is 5.56 Å². The molecule has 3 nitrogen and oxygen atoms in total. The van der Waals surface area contributed by atoms with Crippen molar-refractivity contribution >= 4 is 17.7 Å². The van der Waals surface area contributed by atoms with Crippen molar-refractivity contribution < 1.29 is 4.79 Å². The summed E-state index contributed by atoms with van der Waals surface area (Å²) in [6.07, 6.45) is 0. The summed E-state index contributed by atoms with van der Waals surface area (Å²) >= 11 is 1.94. The lowest BCUT2D eigenvalue weighted by molar-refractivity contribution is -0.132. The number of hydrogen-bond donors (Lipinski definition) is 1. The molecule has 1 fully saturated rings. The largest absolute Gasteiger partial charge is 0.339 e. The van der Waals surface area contributed by atoms with Gasteiger partial charge in [-0.15, -0.1) is 0 Å². The maximum absolute atomic E-state index is 12.4. The summed E-state index contributed by atoms with van der Waals surface area (Å²) in [7, 11) is 0. The number of hydrogen-bond acceptors (Lipinski definition) is 3. The van der Waals surface area contributed by atoms with Gasteiger partial charge in [0.1, 0.15) is 6.04 Å². The number of carbonyl (C=O) groups excluding carboxylic acids is 1. The molecule has 0 aromatic heterocycles. The predicted octanol–water partition coefficient (Wildman–Crippen LogP) is 2.04. The van der Waals surface area contributed by atoms with Crippen LogP contribution in [0.15, 0.2) is 30.3 Å². The Kier molecular flexibility index (Phi) is 4.30. The van der Waals surface area contributed by atoms with Crippen LogP contribution >= 0.6 is 11.8 Å². The minimum Gasteiger partial charge on any atom is -0.339 e. The lowest BCUT2D eigenvalue weighted by Crippen LogP contribution is -2.47. The number of rotatable bonds is 2. The summed E-state index contributed by atoms with van der Waals surface area (Å²) in [5.74, 6) is 0.0419. The molecular formula is C14H20N2OS. The molecule has 0 bridgehead atoms. The monoisotopic (exact) mass is 264 g/mol. The van der Waals surface area contributed by atoms with Crippen LogP contribution in [0.3, 0.4) is 0 Å². The first-order chi connectivity index (χ1) is 8.58. The third-order valence-corrected chi connectivity index (χ3v) is 4.38. The van der Waals surface area contributed by atoms with Gasteiger partial charge in [-0.1, -0.05) is 44.2 Å². The Balaban J connectivity index is 2.07. The van der Waals surface area contributed by atoms with E-state index < -0.39 is 6.04 Å². The first-order valence-corrected chi connectivity index (χ1v) is 7.27. The molecular weight excluding hydrogens is 244 g/mol. The Bertz CT molecular complexity index is 400. The molecule has 1 heterocycles. The molecule has 1 saturated heterocycles. The Hall–Kier alpha value is -1.00. The van der Waals surface area contributed by atoms with Crippen LogP contribution in [0.1, 0.15) is 25.5 Å². The van der Waals surface area contributed by atoms with Gasteiger partial charge in [0, 0.05) is 23.6 Å². The van der Waals surface area contributed by atoms with Gasteiger partial charge in [0.25, 0.3) is 0 Å². The van der Waals surface area contributed by atoms with E-state index in [2.05, 4.69) is 13.8 Å². The van der Waals surface area contributed by atoms with Gasteiger partial charge < -0.3 is 10.6 Å². The first kappa shape index (κ1) is 13.4. The highest BCUT2D eigenvalue weighted by atomic mass is 32.2. The number of carbonyl (C=O) groups is 1. The van der Waals surface area contributed by atoms with E-state index in [9.17, 15) is 4.79 Å². The van der Waals surface area contributed by atoms with Gasteiger partial charge in [-0.25, -0.2) is 0 Å². The summed E-state index contributed by atoms with van der Waals surface area (Å²) < 4.78 is 0. The van der Waals surface area contributed by atoms with Crippen molar-refractivity contribution in [3.63, 3.8) is 0 Å². The average molecular weight is 264 g/mol. The molecule has 4 heteroatoms. The summed E-state index contributed by atoms with van der Waals surface area (Å²) in [6, 6.07) is 9.05. The van der Waals surface area contributed by atoms with Crippen LogP contribution in [0.2, 0.25) is 0 Å². The maximum atomic E-state index is 12.4. The van der Waals surface area contributed by atoms with Crippen LogP contribution < -0.4 is 5.73 Å². The minimum atomic E-state index is -0.534. The Morgan fingerprint density at radius 3 is 2.39 bits per heavy atom. The predicted molar refractivity (Wildman–Crippen MR) is 76.5 cm³/mol. The van der Waals surface area contributed by atoms with E-state index in [1.165, 1.54) is 0 Å². The van der Waals surface area contributed by atoms with E-state index in [1.807, 2.05) is 47.0 Å². The second kappa shape index (κ2) is 5.76. The summed E-state index contributed by atoms with van der Waals surface area (Å²) in [5.41, 5.74) is 6.95. The van der Waals surface area contributed by atoms with Gasteiger partial charge in [-0.2, -0.15) is 11.8 Å². The second-order valence-corrected chi connectivity index (χ2v) is 6.77. The van der Waals surface area contributed by atoms with E-state index in [0.29, 0.717) is 10.5 Å².